The van der Waals surface area contributed by atoms with E-state index >= 15 is 0 Å². The van der Waals surface area contributed by atoms with Gasteiger partial charge in [0.2, 0.25) is 11.8 Å². The van der Waals surface area contributed by atoms with Crippen molar-refractivity contribution in [3.05, 3.63) is 29.3 Å². The van der Waals surface area contributed by atoms with Gasteiger partial charge < -0.3 is 15.5 Å². The van der Waals surface area contributed by atoms with E-state index in [0.29, 0.717) is 19.6 Å². The van der Waals surface area contributed by atoms with Crippen LogP contribution in [0, 0.1) is 19.8 Å². The summed E-state index contributed by atoms with van der Waals surface area (Å²) in [6.45, 7) is 9.15. The zero-order chi connectivity index (χ0) is 18.5. The summed E-state index contributed by atoms with van der Waals surface area (Å²) in [6, 6.07) is 6.01. The van der Waals surface area contributed by atoms with Crippen molar-refractivity contribution < 1.29 is 9.59 Å². The minimum Gasteiger partial charge on any atom is -0.340 e. The van der Waals surface area contributed by atoms with E-state index in [1.807, 2.05) is 36.9 Å². The van der Waals surface area contributed by atoms with E-state index in [4.69, 9.17) is 0 Å². The van der Waals surface area contributed by atoms with Gasteiger partial charge in [-0.1, -0.05) is 18.2 Å². The van der Waals surface area contributed by atoms with E-state index in [1.165, 1.54) is 0 Å². The third-order valence-electron chi connectivity index (χ3n) is 5.44. The van der Waals surface area contributed by atoms with Gasteiger partial charge in [0.25, 0.3) is 0 Å². The highest BCUT2D eigenvalue weighted by Gasteiger charge is 2.28. The molecular formula is C20H32Cl2N4O2. The van der Waals surface area contributed by atoms with Crippen LogP contribution in [0.3, 0.4) is 0 Å². The second-order valence-electron chi connectivity index (χ2n) is 7.46. The first-order chi connectivity index (χ1) is 12.5. The molecule has 6 nitrogen and oxygen atoms in total. The Labute approximate surface area is 180 Å². The Morgan fingerprint density at radius 3 is 2.32 bits per heavy atom. The molecule has 2 aliphatic heterocycles. The molecule has 0 saturated carbocycles. The second kappa shape index (κ2) is 11.6. The number of aryl methyl sites for hydroxylation is 2. The largest absolute Gasteiger partial charge is 0.340 e. The van der Waals surface area contributed by atoms with Gasteiger partial charge in [-0.05, 0) is 44.4 Å². The molecule has 2 heterocycles. The van der Waals surface area contributed by atoms with Crippen LogP contribution in [0.15, 0.2) is 18.2 Å². The molecule has 0 aromatic heterocycles. The maximum absolute atomic E-state index is 12.6. The van der Waals surface area contributed by atoms with Gasteiger partial charge >= 0.3 is 0 Å². The van der Waals surface area contributed by atoms with Gasteiger partial charge in [0.15, 0.2) is 0 Å². The first kappa shape index (κ1) is 24.7. The zero-order valence-corrected chi connectivity index (χ0v) is 18.3. The molecule has 0 aliphatic carbocycles. The number of carbonyl (C=O) groups excluding carboxylic acids is 2. The SMILES string of the molecule is Cc1cccc(C)c1NC(=O)CN1CCN(C(=O)C2CCCNC2)CC1.Cl.Cl. The van der Waals surface area contributed by atoms with Gasteiger partial charge in [0, 0.05) is 38.4 Å². The lowest BCUT2D eigenvalue weighted by molar-refractivity contribution is -0.138. The quantitative estimate of drug-likeness (QED) is 0.768. The summed E-state index contributed by atoms with van der Waals surface area (Å²) in [7, 11) is 0. The first-order valence-electron chi connectivity index (χ1n) is 9.62. The van der Waals surface area contributed by atoms with E-state index in [2.05, 4.69) is 15.5 Å². The molecule has 1 atom stereocenters. The Morgan fingerprint density at radius 2 is 1.75 bits per heavy atom. The lowest BCUT2D eigenvalue weighted by Gasteiger charge is -2.37. The minimum absolute atomic E-state index is 0. The zero-order valence-electron chi connectivity index (χ0n) is 16.7. The molecule has 0 bridgehead atoms. The molecule has 2 amide bonds. The van der Waals surface area contributed by atoms with Crippen LogP contribution in [0.4, 0.5) is 5.69 Å². The van der Waals surface area contributed by atoms with Crippen LogP contribution >= 0.6 is 24.8 Å². The topological polar surface area (TPSA) is 64.7 Å². The highest BCUT2D eigenvalue weighted by molar-refractivity contribution is 5.93. The highest BCUT2D eigenvalue weighted by atomic mass is 35.5. The van der Waals surface area contributed by atoms with Crippen LogP contribution in [0.5, 0.6) is 0 Å². The lowest BCUT2D eigenvalue weighted by atomic mass is 9.98. The third kappa shape index (κ3) is 6.34. The van der Waals surface area contributed by atoms with Gasteiger partial charge in [-0.3, -0.25) is 14.5 Å². The number of nitrogens with zero attached hydrogens (tertiary/aromatic N) is 2. The van der Waals surface area contributed by atoms with Gasteiger partial charge in [0.05, 0.1) is 12.5 Å². The standard InChI is InChI=1S/C20H30N4O2.2ClH/c1-15-5-3-6-16(2)19(15)22-18(25)14-23-9-11-24(12-10-23)20(26)17-7-4-8-21-13-17;;/h3,5-6,17,21H,4,7-14H2,1-2H3,(H,22,25);2*1H. The maximum atomic E-state index is 12.6. The van der Waals surface area contributed by atoms with Crippen LogP contribution in [0.25, 0.3) is 0 Å². The van der Waals surface area contributed by atoms with Crippen molar-refractivity contribution in [2.75, 3.05) is 51.1 Å². The van der Waals surface area contributed by atoms with Crippen molar-refractivity contribution in [2.45, 2.75) is 26.7 Å². The molecule has 1 aromatic carbocycles. The van der Waals surface area contributed by atoms with Crippen LogP contribution in [-0.2, 0) is 9.59 Å². The fraction of sp³-hybridized carbons (Fsp3) is 0.600. The smallest absolute Gasteiger partial charge is 0.238 e. The highest BCUT2D eigenvalue weighted by Crippen LogP contribution is 2.19. The molecule has 2 aliphatic rings. The molecule has 1 unspecified atom stereocenters. The number of para-hydroxylation sites is 1. The number of piperidine rings is 1. The fourth-order valence-electron chi connectivity index (χ4n) is 3.84. The molecule has 2 fully saturated rings. The molecule has 8 heteroatoms. The van der Waals surface area contributed by atoms with E-state index in [1.54, 1.807) is 0 Å². The van der Waals surface area contributed by atoms with Crippen LogP contribution in [-0.4, -0.2) is 67.4 Å². The molecular weight excluding hydrogens is 399 g/mol. The summed E-state index contributed by atoms with van der Waals surface area (Å²) in [6.07, 6.45) is 2.07. The fourth-order valence-corrected chi connectivity index (χ4v) is 3.84. The maximum Gasteiger partial charge on any atom is 0.238 e. The van der Waals surface area contributed by atoms with Gasteiger partial charge in [-0.2, -0.15) is 0 Å². The normalized spacial score (nSPS) is 19.9. The molecule has 2 saturated heterocycles. The number of hydrogen-bond acceptors (Lipinski definition) is 4. The number of amides is 2. The van der Waals surface area contributed by atoms with Crippen LogP contribution in [0.2, 0.25) is 0 Å². The summed E-state index contributed by atoms with van der Waals surface area (Å²) in [5.41, 5.74) is 3.07. The van der Waals surface area contributed by atoms with E-state index in [0.717, 1.165) is 55.8 Å². The van der Waals surface area contributed by atoms with Crippen molar-refractivity contribution in [1.29, 1.82) is 0 Å². The molecule has 0 radical (unpaired) electrons. The minimum atomic E-state index is 0. The molecule has 2 N–H and O–H groups in total. The molecule has 0 spiro atoms. The van der Waals surface area contributed by atoms with Crippen molar-refractivity contribution in [3.63, 3.8) is 0 Å². The van der Waals surface area contributed by atoms with Crippen molar-refractivity contribution in [2.24, 2.45) is 5.92 Å². The van der Waals surface area contributed by atoms with E-state index < -0.39 is 0 Å². The van der Waals surface area contributed by atoms with Crippen molar-refractivity contribution >= 4 is 42.3 Å². The number of rotatable bonds is 4. The van der Waals surface area contributed by atoms with E-state index in [9.17, 15) is 9.59 Å². The van der Waals surface area contributed by atoms with Crippen LogP contribution in [0.1, 0.15) is 24.0 Å². The van der Waals surface area contributed by atoms with E-state index in [-0.39, 0.29) is 42.5 Å². The summed E-state index contributed by atoms with van der Waals surface area (Å²) < 4.78 is 0. The molecule has 158 valence electrons. The Hall–Kier alpha value is -1.34. The number of anilines is 1. The Kier molecular flexibility index (Phi) is 10.2. The predicted octanol–water partition coefficient (Wildman–Crippen LogP) is 2.23. The molecule has 28 heavy (non-hydrogen) atoms. The van der Waals surface area contributed by atoms with Crippen molar-refractivity contribution in [3.8, 4) is 0 Å². The van der Waals surface area contributed by atoms with Gasteiger partial charge in [0.1, 0.15) is 0 Å². The lowest BCUT2D eigenvalue weighted by Crippen LogP contribution is -2.53. The number of carbonyl (C=O) groups is 2. The monoisotopic (exact) mass is 430 g/mol. The Balaban J connectivity index is 0.00000196. The van der Waals surface area contributed by atoms with Gasteiger partial charge in [-0.25, -0.2) is 0 Å². The summed E-state index contributed by atoms with van der Waals surface area (Å²) in [5.74, 6) is 0.415. The average molecular weight is 431 g/mol. The summed E-state index contributed by atoms with van der Waals surface area (Å²) in [4.78, 5) is 29.1. The van der Waals surface area contributed by atoms with Crippen molar-refractivity contribution in [1.82, 2.24) is 15.1 Å². The number of hydrogen-bond donors (Lipinski definition) is 2. The molecule has 3 rings (SSSR count). The second-order valence-corrected chi connectivity index (χ2v) is 7.46. The number of benzene rings is 1. The molecule has 1 aromatic rings. The van der Waals surface area contributed by atoms with Crippen LogP contribution < -0.4 is 10.6 Å². The predicted molar refractivity (Wildman–Crippen MR) is 118 cm³/mol. The summed E-state index contributed by atoms with van der Waals surface area (Å²) >= 11 is 0. The average Bonchev–Trinajstić information content (AvgIpc) is 2.66. The number of halogens is 2. The van der Waals surface area contributed by atoms with Gasteiger partial charge in [-0.15, -0.1) is 24.8 Å². The number of piperazine rings is 1. The number of nitrogens with one attached hydrogen (secondary N) is 2. The third-order valence-corrected chi connectivity index (χ3v) is 5.44. The summed E-state index contributed by atoms with van der Waals surface area (Å²) in [5, 5.41) is 6.35. The first-order valence-corrected chi connectivity index (χ1v) is 9.62. The Bertz CT molecular complexity index is 637. The Morgan fingerprint density at radius 1 is 1.11 bits per heavy atom.